The van der Waals surface area contributed by atoms with E-state index in [0.29, 0.717) is 0 Å². The molecule has 2 aromatic heterocycles. The van der Waals surface area contributed by atoms with Crippen LogP contribution in [0.25, 0.3) is 67.1 Å². The molecule has 2 atom stereocenters. The molecule has 2 nitrogen and oxygen atoms in total. The van der Waals surface area contributed by atoms with Crippen molar-refractivity contribution in [2.75, 3.05) is 0 Å². The van der Waals surface area contributed by atoms with Gasteiger partial charge in [0.25, 0.3) is 0 Å². The molecule has 310 valence electrons. The van der Waals surface area contributed by atoms with Crippen molar-refractivity contribution in [2.45, 2.75) is 73.7 Å². The maximum absolute atomic E-state index is 9.17. The van der Waals surface area contributed by atoms with Gasteiger partial charge in [0, 0.05) is 0 Å². The zero-order valence-corrected chi connectivity index (χ0v) is 41.4. The number of hydrogen-bond acceptors (Lipinski definition) is 2. The standard InChI is InChI=1S/2C27H23O.C2H6Si.2ClH.Zr/c2*1-3-6-19-10-13-20(14-11-19)26-18(2)9-12-21-15-23(16-25(21)26)27-24-8-5-4-7-22(24)17-28-27;1-3-2;;;/h2*4-5,7-17H,3,6H2,1-2H3;1-2H3;2*1H;/q;;;;;+2/p-2. The summed E-state index contributed by atoms with van der Waals surface area (Å²) in [7, 11) is 18.3. The van der Waals surface area contributed by atoms with Gasteiger partial charge in [-0.25, -0.2) is 0 Å². The van der Waals surface area contributed by atoms with Crippen LogP contribution >= 0.6 is 17.0 Å². The second kappa shape index (κ2) is 16.0. The minimum absolute atomic E-state index is 0.273. The molecule has 0 radical (unpaired) electrons. The van der Waals surface area contributed by atoms with E-state index in [1.807, 2.05) is 12.5 Å². The summed E-state index contributed by atoms with van der Waals surface area (Å²) < 4.78 is 12.9. The molecule has 0 fully saturated rings. The zero-order valence-electron chi connectivity index (χ0n) is 36.4. The predicted octanol–water partition coefficient (Wildman–Crippen LogP) is 17.2. The maximum atomic E-state index is 9.17. The Labute approximate surface area is 374 Å². The van der Waals surface area contributed by atoms with E-state index in [0.717, 1.165) is 69.9 Å². The van der Waals surface area contributed by atoms with Gasteiger partial charge in [-0.05, 0) is 0 Å². The number of aryl methyl sites for hydroxylation is 4. The van der Waals surface area contributed by atoms with Crippen LogP contribution in [-0.2, 0) is 27.9 Å². The summed E-state index contributed by atoms with van der Waals surface area (Å²) in [5.74, 6) is 1.72. The molecule has 0 aliphatic heterocycles. The molecule has 62 heavy (non-hydrogen) atoms. The van der Waals surface area contributed by atoms with E-state index in [9.17, 15) is 0 Å². The molecular weight excluding hydrogens is 895 g/mol. The first-order chi connectivity index (χ1) is 30.0. The van der Waals surface area contributed by atoms with Gasteiger partial charge in [0.15, 0.2) is 0 Å². The van der Waals surface area contributed by atoms with E-state index in [1.165, 1.54) is 66.8 Å². The summed E-state index contributed by atoms with van der Waals surface area (Å²) in [4.78, 5) is 0. The van der Waals surface area contributed by atoms with Crippen molar-refractivity contribution in [3.8, 4) is 22.3 Å². The summed E-state index contributed by atoms with van der Waals surface area (Å²) in [6, 6.07) is 44.6. The van der Waals surface area contributed by atoms with E-state index >= 15 is 0 Å². The molecule has 6 heteroatoms. The SMILES string of the molecule is CCCc1ccc(-c2c(C)ccc3c2C=C(c2occ4ccccc24)[CH]3[Zr]([Cl])([Cl])([CH]2C(c3occ4ccccc34)=Cc3c2ccc(C)c3-c2ccc(CCC)cc2)=[Si](C)C)cc1. The van der Waals surface area contributed by atoms with Gasteiger partial charge in [0.2, 0.25) is 0 Å². The third-order valence-electron chi connectivity index (χ3n) is 13.9. The van der Waals surface area contributed by atoms with Crippen LogP contribution in [-0.4, -0.2) is 5.43 Å². The molecule has 6 aromatic carbocycles. The molecule has 0 spiro atoms. The summed E-state index contributed by atoms with van der Waals surface area (Å²) in [6.07, 6.45) is 12.9. The van der Waals surface area contributed by atoms with Gasteiger partial charge in [-0.15, -0.1) is 0 Å². The van der Waals surface area contributed by atoms with Crippen LogP contribution in [0.1, 0.15) is 90.0 Å². The molecular formula is C56H52Cl2O2SiZr. The summed E-state index contributed by atoms with van der Waals surface area (Å²) >= 11 is -5.54. The van der Waals surface area contributed by atoms with Gasteiger partial charge in [0.1, 0.15) is 0 Å². The van der Waals surface area contributed by atoms with Crippen LogP contribution in [0.2, 0.25) is 13.1 Å². The zero-order chi connectivity index (χ0) is 42.9. The fourth-order valence-electron chi connectivity index (χ4n) is 10.8. The average molecular weight is 947 g/mol. The Bertz CT molecular complexity index is 3000. The predicted molar refractivity (Wildman–Crippen MR) is 264 cm³/mol. The Morgan fingerprint density at radius 3 is 1.32 bits per heavy atom. The molecule has 0 saturated heterocycles. The molecule has 10 rings (SSSR count). The molecule has 2 unspecified atom stereocenters. The Kier molecular flexibility index (Phi) is 10.7. The Morgan fingerprint density at radius 1 is 0.532 bits per heavy atom. The molecule has 0 N–H and O–H groups in total. The van der Waals surface area contributed by atoms with Crippen LogP contribution in [0.3, 0.4) is 0 Å². The molecule has 0 bridgehead atoms. The van der Waals surface area contributed by atoms with Crippen LogP contribution in [0.15, 0.2) is 143 Å². The van der Waals surface area contributed by atoms with Crippen LogP contribution < -0.4 is 0 Å². The van der Waals surface area contributed by atoms with Crippen molar-refractivity contribution in [1.29, 1.82) is 0 Å². The van der Waals surface area contributed by atoms with Gasteiger partial charge in [-0.2, -0.15) is 0 Å². The number of allylic oxidation sites excluding steroid dienone is 2. The molecule has 2 aliphatic carbocycles. The number of benzene rings is 6. The van der Waals surface area contributed by atoms with Crippen LogP contribution in [0, 0.1) is 13.8 Å². The van der Waals surface area contributed by atoms with Gasteiger partial charge in [0.05, 0.1) is 0 Å². The van der Waals surface area contributed by atoms with Crippen LogP contribution in [0.4, 0.5) is 0 Å². The van der Waals surface area contributed by atoms with E-state index in [2.05, 4.69) is 174 Å². The number of rotatable bonds is 10. The average Bonchev–Trinajstić information content (AvgIpc) is 4.08. The minimum atomic E-state index is -5.54. The van der Waals surface area contributed by atoms with Crippen LogP contribution in [0.5, 0.6) is 0 Å². The quantitative estimate of drug-likeness (QED) is 0.128. The van der Waals surface area contributed by atoms with Gasteiger partial charge < -0.3 is 0 Å². The number of fused-ring (bicyclic) bond motifs is 4. The van der Waals surface area contributed by atoms with E-state index in [1.54, 1.807) is 0 Å². The molecule has 2 aliphatic rings. The fourth-order valence-corrected chi connectivity index (χ4v) is 38.5. The number of hydrogen-bond donors (Lipinski definition) is 0. The monoisotopic (exact) mass is 944 g/mol. The Morgan fingerprint density at radius 2 is 0.935 bits per heavy atom. The number of furan rings is 2. The first kappa shape index (κ1) is 41.6. The molecule has 2 heterocycles. The summed E-state index contributed by atoms with van der Waals surface area (Å²) in [5, 5.41) is 4.29. The normalized spacial score (nSPS) is 16.1. The Hall–Kier alpha value is -4.44. The topological polar surface area (TPSA) is 26.3 Å². The second-order valence-electron chi connectivity index (χ2n) is 17.9. The third kappa shape index (κ3) is 6.50. The van der Waals surface area contributed by atoms with E-state index in [4.69, 9.17) is 25.9 Å². The number of halogens is 2. The molecule has 8 aromatic rings. The first-order valence-electron chi connectivity index (χ1n) is 22.2. The fraction of sp³-hybridized carbons (Fsp3) is 0.214. The first-order valence-corrected chi connectivity index (χ1v) is 37.6. The van der Waals surface area contributed by atoms with Gasteiger partial charge in [-0.3, -0.25) is 0 Å². The van der Waals surface area contributed by atoms with Crippen molar-refractivity contribution < 1.29 is 23.8 Å². The van der Waals surface area contributed by atoms with E-state index < -0.39 is 20.4 Å². The van der Waals surface area contributed by atoms with Crippen molar-refractivity contribution in [1.82, 2.24) is 0 Å². The second-order valence-corrected chi connectivity index (χ2v) is 56.7. The molecule has 0 saturated carbocycles. The summed E-state index contributed by atoms with van der Waals surface area (Å²) in [6.45, 7) is 13.7. The van der Waals surface area contributed by atoms with Crippen molar-refractivity contribution in [3.63, 3.8) is 0 Å². The van der Waals surface area contributed by atoms with Gasteiger partial charge in [-0.1, -0.05) is 0 Å². The van der Waals surface area contributed by atoms with Crippen molar-refractivity contribution in [3.05, 3.63) is 190 Å². The third-order valence-corrected chi connectivity index (χ3v) is 60.2. The van der Waals surface area contributed by atoms with Gasteiger partial charge >= 0.3 is 377 Å². The van der Waals surface area contributed by atoms with Crippen molar-refractivity contribution in [2.24, 2.45) is 0 Å². The Balaban J connectivity index is 1.28. The summed E-state index contributed by atoms with van der Waals surface area (Å²) in [5.41, 5.74) is 15.5. The van der Waals surface area contributed by atoms with E-state index in [-0.39, 0.29) is 7.25 Å². The van der Waals surface area contributed by atoms with Crippen molar-refractivity contribution >= 4 is 67.3 Å². The molecule has 0 amide bonds.